The van der Waals surface area contributed by atoms with Crippen molar-refractivity contribution in [2.75, 3.05) is 13.7 Å². The molecule has 0 heterocycles. The highest BCUT2D eigenvalue weighted by Gasteiger charge is 2.51. The van der Waals surface area contributed by atoms with Gasteiger partial charge in [-0.15, -0.1) is 0 Å². The molecule has 0 aliphatic heterocycles. The normalized spacial score (nSPS) is 18.4. The van der Waals surface area contributed by atoms with E-state index in [1.165, 1.54) is 6.42 Å². The van der Waals surface area contributed by atoms with Crippen molar-refractivity contribution in [2.45, 2.75) is 43.6 Å². The van der Waals surface area contributed by atoms with Crippen molar-refractivity contribution in [3.63, 3.8) is 0 Å². The molecule has 0 saturated heterocycles. The Balaban J connectivity index is 1.80. The minimum atomic E-state index is -0.862. The van der Waals surface area contributed by atoms with E-state index >= 15 is 0 Å². The largest absolute Gasteiger partial charge is 0.461 e. The van der Waals surface area contributed by atoms with Crippen LogP contribution in [0, 0.1) is 0 Å². The zero-order valence-electron chi connectivity index (χ0n) is 14.7. The maximum atomic E-state index is 13.4. The average Bonchev–Trinajstić information content (AvgIpc) is 2.95. The third-order valence-corrected chi connectivity index (χ3v) is 5.60. The molecule has 4 rings (SSSR count). The Bertz CT molecular complexity index is 729. The second-order valence-corrected chi connectivity index (χ2v) is 7.09. The quantitative estimate of drug-likeness (QED) is 0.773. The third-order valence-electron chi connectivity index (χ3n) is 5.60. The molecule has 0 amide bonds. The summed E-state index contributed by atoms with van der Waals surface area (Å²) in [7, 11) is 1.65. The first-order chi connectivity index (χ1) is 12.3. The van der Waals surface area contributed by atoms with Crippen LogP contribution in [0.1, 0.15) is 43.2 Å². The number of methoxy groups -OCH3 is 1. The first kappa shape index (κ1) is 16.3. The van der Waals surface area contributed by atoms with Gasteiger partial charge in [-0.2, -0.15) is 0 Å². The predicted molar refractivity (Wildman–Crippen MR) is 97.5 cm³/mol. The van der Waals surface area contributed by atoms with E-state index in [4.69, 9.17) is 9.47 Å². The van der Waals surface area contributed by atoms with Crippen LogP contribution in [0.5, 0.6) is 0 Å². The van der Waals surface area contributed by atoms with E-state index in [2.05, 4.69) is 12.1 Å². The summed E-state index contributed by atoms with van der Waals surface area (Å²) in [6, 6.07) is 16.3. The second-order valence-electron chi connectivity index (χ2n) is 7.09. The molecule has 2 aromatic carbocycles. The molecule has 0 aromatic heterocycles. The molecule has 0 spiro atoms. The monoisotopic (exact) mass is 336 g/mol. The highest BCUT2D eigenvalue weighted by Crippen LogP contribution is 2.50. The summed E-state index contributed by atoms with van der Waals surface area (Å²) in [6.07, 6.45) is 5.50. The molecule has 3 nitrogen and oxygen atoms in total. The minimum absolute atomic E-state index is 0.0369. The fraction of sp³-hybridized carbons (Fsp3) is 0.409. The number of carbonyl (C=O) groups is 1. The standard InChI is InChI=1S/C22H24O3/c1-24-15-22(21(23)25-16-9-3-2-4-10-16)19-13-7-5-11-17(19)18-12-6-8-14-20(18)22/h5-8,11-14,16H,2-4,9-10,15H2,1H3. The summed E-state index contributed by atoms with van der Waals surface area (Å²) >= 11 is 0. The van der Waals surface area contributed by atoms with Crippen LogP contribution < -0.4 is 0 Å². The highest BCUT2D eigenvalue weighted by atomic mass is 16.5. The van der Waals surface area contributed by atoms with Crippen molar-refractivity contribution in [2.24, 2.45) is 0 Å². The van der Waals surface area contributed by atoms with Crippen LogP contribution in [0.15, 0.2) is 48.5 Å². The van der Waals surface area contributed by atoms with E-state index in [-0.39, 0.29) is 12.1 Å². The van der Waals surface area contributed by atoms with Crippen LogP contribution >= 0.6 is 0 Å². The van der Waals surface area contributed by atoms with Gasteiger partial charge < -0.3 is 9.47 Å². The summed E-state index contributed by atoms with van der Waals surface area (Å²) in [5.41, 5.74) is 3.35. The maximum absolute atomic E-state index is 13.4. The van der Waals surface area contributed by atoms with Gasteiger partial charge in [-0.25, -0.2) is 0 Å². The molecule has 1 fully saturated rings. The van der Waals surface area contributed by atoms with Gasteiger partial charge in [0.1, 0.15) is 11.5 Å². The highest BCUT2D eigenvalue weighted by molar-refractivity contribution is 5.98. The molecule has 130 valence electrons. The van der Waals surface area contributed by atoms with Crippen LogP contribution in [0.25, 0.3) is 11.1 Å². The third kappa shape index (κ3) is 2.58. The lowest BCUT2D eigenvalue weighted by atomic mass is 9.78. The van der Waals surface area contributed by atoms with Crippen molar-refractivity contribution < 1.29 is 14.3 Å². The van der Waals surface area contributed by atoms with Gasteiger partial charge in [-0.1, -0.05) is 55.0 Å². The van der Waals surface area contributed by atoms with E-state index in [1.807, 2.05) is 36.4 Å². The fourth-order valence-electron chi connectivity index (χ4n) is 4.41. The van der Waals surface area contributed by atoms with Crippen molar-refractivity contribution in [1.29, 1.82) is 0 Å². The predicted octanol–water partition coefficient (Wildman–Crippen LogP) is 4.48. The maximum Gasteiger partial charge on any atom is 0.323 e. The summed E-state index contributed by atoms with van der Waals surface area (Å²) in [5.74, 6) is -0.168. The molecule has 0 unspecified atom stereocenters. The van der Waals surface area contributed by atoms with Gasteiger partial charge >= 0.3 is 5.97 Å². The second kappa shape index (κ2) is 6.64. The smallest absolute Gasteiger partial charge is 0.323 e. The summed E-state index contributed by atoms with van der Waals surface area (Å²) in [5, 5.41) is 0. The van der Waals surface area contributed by atoms with Gasteiger partial charge in [-0.3, -0.25) is 4.79 Å². The number of rotatable bonds is 4. The Morgan fingerprint density at radius 1 is 0.960 bits per heavy atom. The minimum Gasteiger partial charge on any atom is -0.461 e. The molecule has 0 atom stereocenters. The average molecular weight is 336 g/mol. The van der Waals surface area contributed by atoms with Gasteiger partial charge in [0.2, 0.25) is 0 Å². The summed E-state index contributed by atoms with van der Waals surface area (Å²) < 4.78 is 11.6. The van der Waals surface area contributed by atoms with Crippen LogP contribution in [0.2, 0.25) is 0 Å². The molecule has 0 radical (unpaired) electrons. The fourth-order valence-corrected chi connectivity index (χ4v) is 4.41. The Morgan fingerprint density at radius 2 is 1.52 bits per heavy atom. The van der Waals surface area contributed by atoms with Gasteiger partial charge in [0.25, 0.3) is 0 Å². The number of ether oxygens (including phenoxy) is 2. The van der Waals surface area contributed by atoms with Crippen LogP contribution in [-0.2, 0) is 19.7 Å². The first-order valence-corrected chi connectivity index (χ1v) is 9.17. The summed E-state index contributed by atoms with van der Waals surface area (Å²) in [4.78, 5) is 13.4. The number of hydrogen-bond donors (Lipinski definition) is 0. The molecule has 2 aliphatic carbocycles. The lowest BCUT2D eigenvalue weighted by Gasteiger charge is -2.32. The lowest BCUT2D eigenvalue weighted by Crippen LogP contribution is -2.43. The molecular formula is C22H24O3. The molecule has 2 aliphatic rings. The van der Waals surface area contributed by atoms with E-state index in [9.17, 15) is 4.79 Å². The van der Waals surface area contributed by atoms with E-state index < -0.39 is 5.41 Å². The molecular weight excluding hydrogens is 312 g/mol. The van der Waals surface area contributed by atoms with Gasteiger partial charge in [-0.05, 0) is 47.9 Å². The SMILES string of the molecule is COCC1(C(=O)OC2CCCCC2)c2ccccc2-c2ccccc21. The van der Waals surface area contributed by atoms with Gasteiger partial charge in [0.05, 0.1) is 6.61 Å². The van der Waals surface area contributed by atoms with E-state index in [0.717, 1.165) is 47.9 Å². The van der Waals surface area contributed by atoms with Crippen molar-refractivity contribution in [3.8, 4) is 11.1 Å². The van der Waals surface area contributed by atoms with Crippen molar-refractivity contribution in [1.82, 2.24) is 0 Å². The number of esters is 1. The Hall–Kier alpha value is -2.13. The zero-order chi connectivity index (χ0) is 17.3. The Kier molecular flexibility index (Phi) is 4.34. The van der Waals surface area contributed by atoms with Crippen LogP contribution in [-0.4, -0.2) is 25.8 Å². The number of benzene rings is 2. The molecule has 2 aromatic rings. The van der Waals surface area contributed by atoms with Crippen LogP contribution in [0.4, 0.5) is 0 Å². The van der Waals surface area contributed by atoms with E-state index in [0.29, 0.717) is 6.61 Å². The lowest BCUT2D eigenvalue weighted by molar-refractivity contribution is -0.157. The van der Waals surface area contributed by atoms with E-state index in [1.54, 1.807) is 7.11 Å². The number of carbonyl (C=O) groups excluding carboxylic acids is 1. The number of hydrogen-bond acceptors (Lipinski definition) is 3. The van der Waals surface area contributed by atoms with Crippen LogP contribution in [0.3, 0.4) is 0 Å². The van der Waals surface area contributed by atoms with Crippen molar-refractivity contribution in [3.05, 3.63) is 59.7 Å². The topological polar surface area (TPSA) is 35.5 Å². The number of fused-ring (bicyclic) bond motifs is 3. The van der Waals surface area contributed by atoms with Crippen molar-refractivity contribution >= 4 is 5.97 Å². The molecule has 0 N–H and O–H groups in total. The molecule has 0 bridgehead atoms. The summed E-state index contributed by atoms with van der Waals surface area (Å²) in [6.45, 7) is 0.298. The Morgan fingerprint density at radius 3 is 2.08 bits per heavy atom. The molecule has 3 heteroatoms. The molecule has 25 heavy (non-hydrogen) atoms. The van der Waals surface area contributed by atoms with Gasteiger partial charge in [0, 0.05) is 7.11 Å². The van der Waals surface area contributed by atoms with Gasteiger partial charge in [0.15, 0.2) is 0 Å². The first-order valence-electron chi connectivity index (χ1n) is 9.17. The zero-order valence-corrected chi connectivity index (χ0v) is 14.7. The Labute approximate surface area is 149 Å². The molecule has 1 saturated carbocycles.